The van der Waals surface area contributed by atoms with Crippen LogP contribution in [0, 0.1) is 5.41 Å². The van der Waals surface area contributed by atoms with Gasteiger partial charge in [0, 0.05) is 47.2 Å². The molecule has 3 aromatic rings. The molecule has 1 atom stereocenters. The minimum absolute atomic E-state index is 0.0142. The van der Waals surface area contributed by atoms with Gasteiger partial charge in [0.1, 0.15) is 17.5 Å². The van der Waals surface area contributed by atoms with Crippen LogP contribution in [0.1, 0.15) is 19.4 Å². The van der Waals surface area contributed by atoms with E-state index in [1.807, 2.05) is 24.4 Å². The summed E-state index contributed by atoms with van der Waals surface area (Å²) in [5.74, 6) is 0.593. The highest BCUT2D eigenvalue weighted by Crippen LogP contribution is 2.23. The fraction of sp³-hybridized carbons (Fsp3) is 0.381. The second-order valence-corrected chi connectivity index (χ2v) is 8.66. The lowest BCUT2D eigenvalue weighted by Gasteiger charge is -2.33. The van der Waals surface area contributed by atoms with Crippen LogP contribution in [-0.4, -0.2) is 42.9 Å². The number of benzene rings is 1. The van der Waals surface area contributed by atoms with E-state index in [4.69, 9.17) is 31.4 Å². The first kappa shape index (κ1) is 20.2. The number of para-hydroxylation sites is 1. The summed E-state index contributed by atoms with van der Waals surface area (Å²) in [6, 6.07) is 9.85. The lowest BCUT2D eigenvalue weighted by molar-refractivity contribution is 0.0343. The third-order valence-electron chi connectivity index (χ3n) is 4.97. The predicted molar refractivity (Wildman–Crippen MR) is 116 cm³/mol. The van der Waals surface area contributed by atoms with Crippen LogP contribution < -0.4 is 15.9 Å². The van der Waals surface area contributed by atoms with Gasteiger partial charge in [0.15, 0.2) is 0 Å². The first-order valence-corrected chi connectivity index (χ1v) is 10.1. The van der Waals surface area contributed by atoms with Crippen LogP contribution >= 0.6 is 11.6 Å². The molecule has 3 heterocycles. The first-order valence-electron chi connectivity index (χ1n) is 9.73. The summed E-state index contributed by atoms with van der Waals surface area (Å²) >= 11 is 6.26. The molecule has 0 radical (unpaired) electrons. The van der Waals surface area contributed by atoms with Gasteiger partial charge >= 0.3 is 7.12 Å². The number of nitrogens with two attached hydrogens (primary N) is 1. The van der Waals surface area contributed by atoms with Gasteiger partial charge in [-0.3, -0.25) is 0 Å². The maximum absolute atomic E-state index is 6.31. The Morgan fingerprint density at radius 3 is 2.86 bits per heavy atom. The Hall–Kier alpha value is -2.06. The number of aromatic nitrogens is 2. The highest BCUT2D eigenvalue weighted by atomic mass is 35.5. The number of fused-ring (bicyclic) bond motifs is 1. The van der Waals surface area contributed by atoms with Crippen molar-refractivity contribution in [2.45, 2.75) is 26.3 Å². The van der Waals surface area contributed by atoms with E-state index in [2.05, 4.69) is 35.9 Å². The second kappa shape index (κ2) is 8.36. The largest absolute Gasteiger partial charge is 0.497 e. The summed E-state index contributed by atoms with van der Waals surface area (Å²) in [5, 5.41) is 1.54. The zero-order chi connectivity index (χ0) is 20.4. The highest BCUT2D eigenvalue weighted by molar-refractivity contribution is 6.64. The first-order chi connectivity index (χ1) is 13.9. The Morgan fingerprint density at radius 2 is 2.07 bits per heavy atom. The maximum Gasteiger partial charge on any atom is 0.497 e. The predicted octanol–water partition coefficient (Wildman–Crippen LogP) is 2.93. The van der Waals surface area contributed by atoms with Crippen molar-refractivity contribution in [1.82, 2.24) is 9.97 Å². The molecule has 2 aromatic heterocycles. The van der Waals surface area contributed by atoms with Gasteiger partial charge in [-0.15, -0.1) is 0 Å². The number of halogens is 1. The Kier molecular flexibility index (Phi) is 5.83. The summed E-state index contributed by atoms with van der Waals surface area (Å²) in [6.45, 7) is 5.74. The van der Waals surface area contributed by atoms with E-state index in [0.717, 1.165) is 5.52 Å². The Balaban J connectivity index is 1.38. The molecule has 4 rings (SSSR count). The van der Waals surface area contributed by atoms with Crippen molar-refractivity contribution >= 4 is 35.1 Å². The average Bonchev–Trinajstić information content (AvgIpc) is 3.10. The minimum Gasteiger partial charge on any atom is -0.490 e. The average molecular weight is 414 g/mol. The van der Waals surface area contributed by atoms with Crippen LogP contribution in [0.4, 0.5) is 0 Å². The molecule has 29 heavy (non-hydrogen) atoms. The summed E-state index contributed by atoms with van der Waals surface area (Å²) in [5.41, 5.74) is 9.25. The molecule has 1 aromatic carbocycles. The van der Waals surface area contributed by atoms with Gasteiger partial charge in [-0.1, -0.05) is 43.6 Å². The van der Waals surface area contributed by atoms with E-state index in [0.29, 0.717) is 42.6 Å². The fourth-order valence-electron chi connectivity index (χ4n) is 3.41. The smallest absolute Gasteiger partial charge is 0.490 e. The molecule has 0 bridgehead atoms. The van der Waals surface area contributed by atoms with Gasteiger partial charge in [0.05, 0.1) is 6.20 Å². The van der Waals surface area contributed by atoms with Crippen molar-refractivity contribution in [3.05, 3.63) is 53.4 Å². The van der Waals surface area contributed by atoms with Crippen molar-refractivity contribution in [2.75, 3.05) is 19.8 Å². The molecular formula is C21H25BClN3O3. The molecule has 1 aliphatic rings. The standard InChI is InChI=1S/C21H25BClN3O3/c1-21(2)12-28-22(29-13-21)18-8-16(10-26-20(18)23)27-11-15(24)7-14-9-25-19-6-4-3-5-17(14)19/h3-6,8-10,15,25H,7,11-13,24H2,1-2H3/t15-/m0/s1. The van der Waals surface area contributed by atoms with Crippen LogP contribution in [-0.2, 0) is 15.7 Å². The number of hydrogen-bond acceptors (Lipinski definition) is 5. The van der Waals surface area contributed by atoms with Crippen molar-refractivity contribution in [3.63, 3.8) is 0 Å². The lowest BCUT2D eigenvalue weighted by Crippen LogP contribution is -2.48. The van der Waals surface area contributed by atoms with E-state index in [1.54, 1.807) is 6.20 Å². The van der Waals surface area contributed by atoms with E-state index < -0.39 is 7.12 Å². The van der Waals surface area contributed by atoms with Crippen molar-refractivity contribution in [3.8, 4) is 5.75 Å². The molecule has 0 unspecified atom stereocenters. The monoisotopic (exact) mass is 413 g/mol. The molecule has 1 fully saturated rings. The SMILES string of the molecule is CC1(C)COB(c2cc(OC[C@@H](N)Cc3c[nH]c4ccccc34)cnc2Cl)OC1. The molecule has 0 saturated carbocycles. The molecule has 0 amide bonds. The molecule has 1 aliphatic heterocycles. The van der Waals surface area contributed by atoms with Crippen molar-refractivity contribution in [1.29, 1.82) is 0 Å². The van der Waals surface area contributed by atoms with Crippen molar-refractivity contribution in [2.24, 2.45) is 11.1 Å². The van der Waals surface area contributed by atoms with E-state index >= 15 is 0 Å². The van der Waals surface area contributed by atoms with Crippen LogP contribution in [0.25, 0.3) is 10.9 Å². The minimum atomic E-state index is -0.536. The molecular weight excluding hydrogens is 389 g/mol. The molecule has 8 heteroatoms. The lowest BCUT2D eigenvalue weighted by atomic mass is 9.76. The number of H-pyrrole nitrogens is 1. The Labute approximate surface area is 175 Å². The zero-order valence-corrected chi connectivity index (χ0v) is 17.4. The van der Waals surface area contributed by atoms with Crippen LogP contribution in [0.15, 0.2) is 42.7 Å². The number of pyridine rings is 1. The Bertz CT molecular complexity index is 984. The van der Waals surface area contributed by atoms with Gasteiger partial charge in [-0.25, -0.2) is 4.98 Å². The zero-order valence-electron chi connectivity index (χ0n) is 16.7. The molecule has 3 N–H and O–H groups in total. The van der Waals surface area contributed by atoms with Gasteiger partial charge in [-0.05, 0) is 24.1 Å². The van der Waals surface area contributed by atoms with Gasteiger partial charge in [0.25, 0.3) is 0 Å². The van der Waals surface area contributed by atoms with E-state index in [1.165, 1.54) is 10.9 Å². The molecule has 6 nitrogen and oxygen atoms in total. The summed E-state index contributed by atoms with van der Waals surface area (Å²) in [7, 11) is -0.536. The third kappa shape index (κ3) is 4.75. The fourth-order valence-corrected chi connectivity index (χ4v) is 3.60. The van der Waals surface area contributed by atoms with Gasteiger partial charge in [-0.2, -0.15) is 0 Å². The van der Waals surface area contributed by atoms with Crippen LogP contribution in [0.2, 0.25) is 5.15 Å². The van der Waals surface area contributed by atoms with Crippen LogP contribution in [0.3, 0.4) is 0 Å². The highest BCUT2D eigenvalue weighted by Gasteiger charge is 2.35. The van der Waals surface area contributed by atoms with Gasteiger partial charge in [0.2, 0.25) is 0 Å². The topological polar surface area (TPSA) is 82.4 Å². The Morgan fingerprint density at radius 1 is 1.31 bits per heavy atom. The third-order valence-corrected chi connectivity index (χ3v) is 5.28. The molecule has 152 valence electrons. The van der Waals surface area contributed by atoms with Gasteiger partial charge < -0.3 is 24.8 Å². The number of hydrogen-bond donors (Lipinski definition) is 2. The van der Waals surface area contributed by atoms with E-state index in [9.17, 15) is 0 Å². The number of rotatable bonds is 6. The van der Waals surface area contributed by atoms with Crippen molar-refractivity contribution < 1.29 is 14.0 Å². The number of aromatic amines is 1. The van der Waals surface area contributed by atoms with Crippen LogP contribution in [0.5, 0.6) is 5.75 Å². The van der Waals surface area contributed by atoms with E-state index in [-0.39, 0.29) is 11.5 Å². The second-order valence-electron chi connectivity index (χ2n) is 8.30. The quantitative estimate of drug-likeness (QED) is 0.479. The molecule has 0 spiro atoms. The number of nitrogens with one attached hydrogen (secondary N) is 1. The normalized spacial score (nSPS) is 17.4. The maximum atomic E-state index is 6.31. The molecule has 0 aliphatic carbocycles. The summed E-state index contributed by atoms with van der Waals surface area (Å²) in [4.78, 5) is 7.49. The number of nitrogens with zero attached hydrogens (tertiary/aromatic N) is 1. The number of ether oxygens (including phenoxy) is 1. The summed E-state index contributed by atoms with van der Waals surface area (Å²) < 4.78 is 17.5. The molecule has 1 saturated heterocycles. The summed E-state index contributed by atoms with van der Waals surface area (Å²) in [6.07, 6.45) is 4.31.